The van der Waals surface area contributed by atoms with Crippen molar-refractivity contribution in [1.82, 2.24) is 0 Å². The summed E-state index contributed by atoms with van der Waals surface area (Å²) in [4.78, 5) is 22.4. The van der Waals surface area contributed by atoms with Crippen LogP contribution in [-0.2, 0) is 19.1 Å². The van der Waals surface area contributed by atoms with E-state index < -0.39 is 0 Å². The second-order valence-electron chi connectivity index (χ2n) is 9.41. The largest absolute Gasteiger partial charge is 0.465 e. The van der Waals surface area contributed by atoms with Gasteiger partial charge < -0.3 is 9.47 Å². The molecule has 0 aromatic heterocycles. The Labute approximate surface area is 170 Å². The first kappa shape index (κ1) is 22.7. The molecule has 0 saturated heterocycles. The summed E-state index contributed by atoms with van der Waals surface area (Å²) >= 11 is 0. The molecule has 4 heteroatoms. The van der Waals surface area contributed by atoms with Gasteiger partial charge in [0.1, 0.15) is 6.61 Å². The van der Waals surface area contributed by atoms with E-state index >= 15 is 0 Å². The Hall–Kier alpha value is -1.58. The number of esters is 2. The Kier molecular flexibility index (Phi) is 7.52. The van der Waals surface area contributed by atoms with E-state index in [0.717, 1.165) is 25.7 Å². The molecular weight excluding hydrogens is 352 g/mol. The molecule has 2 aliphatic rings. The maximum absolute atomic E-state index is 11.4. The van der Waals surface area contributed by atoms with Crippen LogP contribution in [0.25, 0.3) is 0 Å². The minimum atomic E-state index is -0.237. The topological polar surface area (TPSA) is 52.6 Å². The van der Waals surface area contributed by atoms with Crippen LogP contribution in [0.5, 0.6) is 0 Å². The van der Waals surface area contributed by atoms with Crippen molar-refractivity contribution in [1.29, 1.82) is 0 Å². The zero-order valence-corrected chi connectivity index (χ0v) is 18.7. The van der Waals surface area contributed by atoms with Crippen LogP contribution in [0.4, 0.5) is 0 Å². The zero-order valence-electron chi connectivity index (χ0n) is 18.7. The highest BCUT2D eigenvalue weighted by Gasteiger charge is 2.52. The smallest absolute Gasteiger partial charge is 0.302 e. The van der Waals surface area contributed by atoms with Crippen LogP contribution in [-0.4, -0.2) is 25.2 Å². The second-order valence-corrected chi connectivity index (χ2v) is 9.41. The van der Waals surface area contributed by atoms with Gasteiger partial charge in [-0.1, -0.05) is 37.0 Å². The predicted molar refractivity (Wildman–Crippen MR) is 112 cm³/mol. The molecule has 1 saturated carbocycles. The third-order valence-electron chi connectivity index (χ3n) is 7.16. The summed E-state index contributed by atoms with van der Waals surface area (Å²) in [5, 5.41) is 0. The van der Waals surface area contributed by atoms with Crippen molar-refractivity contribution >= 4 is 11.9 Å². The van der Waals surface area contributed by atoms with Gasteiger partial charge in [0.15, 0.2) is 0 Å². The van der Waals surface area contributed by atoms with Crippen molar-refractivity contribution in [2.75, 3.05) is 13.2 Å². The average Bonchev–Trinajstić information content (AvgIpc) is 2.59. The number of ether oxygens (including phenoxy) is 2. The van der Waals surface area contributed by atoms with Gasteiger partial charge in [-0.3, -0.25) is 9.59 Å². The standard InChI is InChI=1S/C24H38O4/c1-17(12-15-27-19(3)25)8-10-21-18(2)9-11-22-23(5,16-28-20(4)26)13-7-14-24(21,22)6/h12,22H,7-11,13-16H2,1-6H3/t22-,23+,24+/m0/s1. The quantitative estimate of drug-likeness (QED) is 0.409. The lowest BCUT2D eigenvalue weighted by Crippen LogP contribution is -2.49. The van der Waals surface area contributed by atoms with Gasteiger partial charge in [0.25, 0.3) is 0 Å². The summed E-state index contributed by atoms with van der Waals surface area (Å²) in [5.74, 6) is 0.140. The van der Waals surface area contributed by atoms with Crippen molar-refractivity contribution < 1.29 is 19.1 Å². The number of allylic oxidation sites excluding steroid dienone is 3. The average molecular weight is 391 g/mol. The zero-order chi connectivity index (χ0) is 20.9. The SMILES string of the molecule is CC(=O)OCC=C(C)CCC1=C(C)CC[C@H]2[C@@](C)(COC(C)=O)CCC[C@]12C. The van der Waals surface area contributed by atoms with E-state index in [2.05, 4.69) is 27.7 Å². The van der Waals surface area contributed by atoms with Gasteiger partial charge in [0.05, 0.1) is 6.61 Å². The fourth-order valence-corrected chi connectivity index (χ4v) is 5.67. The third-order valence-corrected chi connectivity index (χ3v) is 7.16. The molecule has 0 radical (unpaired) electrons. The van der Waals surface area contributed by atoms with Crippen LogP contribution in [0.1, 0.15) is 86.5 Å². The summed E-state index contributed by atoms with van der Waals surface area (Å²) in [6, 6.07) is 0. The Morgan fingerprint density at radius 1 is 1.11 bits per heavy atom. The molecule has 0 N–H and O–H groups in total. The fraction of sp³-hybridized carbons (Fsp3) is 0.750. The van der Waals surface area contributed by atoms with Crippen LogP contribution in [0, 0.1) is 16.7 Å². The molecule has 4 nitrogen and oxygen atoms in total. The van der Waals surface area contributed by atoms with E-state index in [1.165, 1.54) is 38.7 Å². The van der Waals surface area contributed by atoms with Gasteiger partial charge in [-0.25, -0.2) is 0 Å². The Balaban J connectivity index is 2.14. The summed E-state index contributed by atoms with van der Waals surface area (Å²) in [6.45, 7) is 13.0. The van der Waals surface area contributed by atoms with E-state index in [0.29, 0.717) is 19.1 Å². The first-order chi connectivity index (χ1) is 13.1. The first-order valence-corrected chi connectivity index (χ1v) is 10.7. The van der Waals surface area contributed by atoms with Crippen molar-refractivity contribution in [3.8, 4) is 0 Å². The minimum absolute atomic E-state index is 0.0603. The molecule has 2 aliphatic carbocycles. The first-order valence-electron chi connectivity index (χ1n) is 10.7. The number of carbonyl (C=O) groups is 2. The van der Waals surface area contributed by atoms with Gasteiger partial charge in [-0.2, -0.15) is 0 Å². The van der Waals surface area contributed by atoms with E-state index in [-0.39, 0.29) is 22.8 Å². The summed E-state index contributed by atoms with van der Waals surface area (Å²) in [7, 11) is 0. The van der Waals surface area contributed by atoms with E-state index in [1.54, 1.807) is 11.1 Å². The van der Waals surface area contributed by atoms with Crippen LogP contribution in [0.3, 0.4) is 0 Å². The van der Waals surface area contributed by atoms with Crippen LogP contribution >= 0.6 is 0 Å². The molecule has 2 rings (SSSR count). The van der Waals surface area contributed by atoms with Gasteiger partial charge in [0.2, 0.25) is 0 Å². The summed E-state index contributed by atoms with van der Waals surface area (Å²) < 4.78 is 10.5. The van der Waals surface area contributed by atoms with Crippen molar-refractivity contribution in [2.45, 2.75) is 86.5 Å². The Bertz CT molecular complexity index is 660. The lowest BCUT2D eigenvalue weighted by molar-refractivity contribution is -0.149. The highest BCUT2D eigenvalue weighted by Crippen LogP contribution is 2.60. The van der Waals surface area contributed by atoms with E-state index in [1.807, 2.05) is 6.08 Å². The molecule has 0 spiro atoms. The molecule has 0 aromatic carbocycles. The molecule has 158 valence electrons. The molecule has 1 fully saturated rings. The molecular formula is C24H38O4. The highest BCUT2D eigenvalue weighted by atomic mass is 16.5. The molecule has 3 atom stereocenters. The maximum atomic E-state index is 11.4. The van der Waals surface area contributed by atoms with Gasteiger partial charge in [-0.15, -0.1) is 0 Å². The second kappa shape index (κ2) is 9.28. The normalized spacial score (nSPS) is 30.6. The summed E-state index contributed by atoms with van der Waals surface area (Å²) in [5.41, 5.74) is 4.67. The van der Waals surface area contributed by atoms with Gasteiger partial charge in [0, 0.05) is 19.3 Å². The van der Waals surface area contributed by atoms with Crippen molar-refractivity contribution in [2.24, 2.45) is 16.7 Å². The maximum Gasteiger partial charge on any atom is 0.302 e. The number of fused-ring (bicyclic) bond motifs is 1. The number of hydrogen-bond acceptors (Lipinski definition) is 4. The molecule has 0 heterocycles. The van der Waals surface area contributed by atoms with Gasteiger partial charge in [-0.05, 0) is 69.8 Å². The third kappa shape index (κ3) is 5.27. The predicted octanol–water partition coefficient (Wildman–Crippen LogP) is 5.76. The highest BCUT2D eigenvalue weighted by molar-refractivity contribution is 5.66. The Morgan fingerprint density at radius 3 is 2.43 bits per heavy atom. The van der Waals surface area contributed by atoms with Crippen LogP contribution in [0.15, 0.2) is 22.8 Å². The molecule has 0 aromatic rings. The van der Waals surface area contributed by atoms with E-state index in [4.69, 9.17) is 9.47 Å². The summed E-state index contributed by atoms with van der Waals surface area (Å²) in [6.07, 6.45) is 9.94. The van der Waals surface area contributed by atoms with Crippen LogP contribution < -0.4 is 0 Å². The molecule has 28 heavy (non-hydrogen) atoms. The monoisotopic (exact) mass is 390 g/mol. The van der Waals surface area contributed by atoms with Crippen LogP contribution in [0.2, 0.25) is 0 Å². The number of carbonyl (C=O) groups excluding carboxylic acids is 2. The number of rotatable bonds is 7. The lowest BCUT2D eigenvalue weighted by atomic mass is 9.49. The molecule has 0 amide bonds. The lowest BCUT2D eigenvalue weighted by Gasteiger charge is -2.56. The number of hydrogen-bond donors (Lipinski definition) is 0. The Morgan fingerprint density at radius 2 is 1.79 bits per heavy atom. The molecule has 0 bridgehead atoms. The van der Waals surface area contributed by atoms with Gasteiger partial charge >= 0.3 is 11.9 Å². The molecule has 0 aliphatic heterocycles. The molecule has 0 unspecified atom stereocenters. The van der Waals surface area contributed by atoms with Crippen molar-refractivity contribution in [3.63, 3.8) is 0 Å². The minimum Gasteiger partial charge on any atom is -0.465 e. The fourth-order valence-electron chi connectivity index (χ4n) is 5.67. The van der Waals surface area contributed by atoms with Crippen molar-refractivity contribution in [3.05, 3.63) is 22.8 Å². The van der Waals surface area contributed by atoms with E-state index in [9.17, 15) is 9.59 Å².